The summed E-state index contributed by atoms with van der Waals surface area (Å²) < 4.78 is 6.12. The molecule has 0 aliphatic carbocycles. The molecule has 3 aromatic rings. The summed E-state index contributed by atoms with van der Waals surface area (Å²) in [5.41, 5.74) is 0. The molecule has 22 heavy (non-hydrogen) atoms. The molecule has 0 fully saturated rings. The van der Waals surface area contributed by atoms with Crippen LogP contribution in [0.4, 0.5) is 0 Å². The zero-order valence-corrected chi connectivity index (χ0v) is 13.0. The number of hydrogen-bond donors (Lipinski definition) is 1. The van der Waals surface area contributed by atoms with Crippen LogP contribution < -0.4 is 4.74 Å². The molecule has 0 amide bonds. The number of unbranched alkanes of at least 4 members (excludes halogenated alkanes) is 3. The van der Waals surface area contributed by atoms with Crippen molar-refractivity contribution in [1.29, 1.82) is 0 Å². The highest BCUT2D eigenvalue weighted by Gasteiger charge is 2.13. The summed E-state index contributed by atoms with van der Waals surface area (Å²) in [5, 5.41) is 14.2. The number of phenolic OH excluding ortho intramolecular Hbond substituents is 1. The van der Waals surface area contributed by atoms with Crippen LogP contribution in [0, 0.1) is 0 Å². The molecule has 0 spiro atoms. The maximum absolute atomic E-state index is 10.5. The van der Waals surface area contributed by atoms with Gasteiger partial charge in [0.2, 0.25) is 0 Å². The topological polar surface area (TPSA) is 29.5 Å². The van der Waals surface area contributed by atoms with E-state index in [1.807, 2.05) is 48.5 Å². The molecule has 114 valence electrons. The van der Waals surface area contributed by atoms with E-state index in [9.17, 15) is 5.11 Å². The van der Waals surface area contributed by atoms with Gasteiger partial charge >= 0.3 is 0 Å². The lowest BCUT2D eigenvalue weighted by Crippen LogP contribution is -1.99. The Hall–Kier alpha value is -2.22. The molecule has 3 rings (SSSR count). The SMILES string of the molecule is CCCCCCOc1c2ccccc2c(O)c2ccccc12. The van der Waals surface area contributed by atoms with Crippen molar-refractivity contribution in [3.05, 3.63) is 48.5 Å². The highest BCUT2D eigenvalue weighted by Crippen LogP contribution is 2.41. The lowest BCUT2D eigenvalue weighted by molar-refractivity contribution is 0.311. The molecule has 3 aromatic carbocycles. The minimum absolute atomic E-state index is 0.338. The quantitative estimate of drug-likeness (QED) is 0.469. The van der Waals surface area contributed by atoms with Crippen molar-refractivity contribution in [2.45, 2.75) is 32.6 Å². The molecule has 0 saturated heterocycles. The summed E-state index contributed by atoms with van der Waals surface area (Å²) in [6, 6.07) is 15.8. The fourth-order valence-electron chi connectivity index (χ4n) is 2.92. The van der Waals surface area contributed by atoms with Gasteiger partial charge in [-0.15, -0.1) is 0 Å². The van der Waals surface area contributed by atoms with Crippen molar-refractivity contribution in [2.75, 3.05) is 6.61 Å². The van der Waals surface area contributed by atoms with Gasteiger partial charge in [0.15, 0.2) is 0 Å². The zero-order valence-electron chi connectivity index (χ0n) is 13.0. The molecule has 0 aromatic heterocycles. The van der Waals surface area contributed by atoms with Crippen LogP contribution in [0.3, 0.4) is 0 Å². The van der Waals surface area contributed by atoms with E-state index in [1.165, 1.54) is 19.3 Å². The van der Waals surface area contributed by atoms with Gasteiger partial charge in [-0.2, -0.15) is 0 Å². The van der Waals surface area contributed by atoms with Crippen LogP contribution in [0.2, 0.25) is 0 Å². The summed E-state index contributed by atoms with van der Waals surface area (Å²) in [6.45, 7) is 2.93. The fraction of sp³-hybridized carbons (Fsp3) is 0.300. The highest BCUT2D eigenvalue weighted by molar-refractivity contribution is 6.10. The first-order chi connectivity index (χ1) is 10.8. The zero-order chi connectivity index (χ0) is 15.4. The second kappa shape index (κ2) is 6.69. The number of benzene rings is 3. The smallest absolute Gasteiger partial charge is 0.135 e. The second-order valence-electron chi connectivity index (χ2n) is 5.68. The van der Waals surface area contributed by atoms with Crippen molar-refractivity contribution < 1.29 is 9.84 Å². The number of fused-ring (bicyclic) bond motifs is 2. The molecule has 0 saturated carbocycles. The number of ether oxygens (including phenoxy) is 1. The van der Waals surface area contributed by atoms with Crippen LogP contribution in [-0.2, 0) is 0 Å². The molecule has 0 aliphatic heterocycles. The van der Waals surface area contributed by atoms with Crippen LogP contribution in [0.5, 0.6) is 11.5 Å². The van der Waals surface area contributed by atoms with Gasteiger partial charge in [-0.25, -0.2) is 0 Å². The Bertz CT molecular complexity index is 720. The molecular formula is C20H22O2. The first-order valence-corrected chi connectivity index (χ1v) is 8.08. The molecule has 0 radical (unpaired) electrons. The van der Waals surface area contributed by atoms with Gasteiger partial charge < -0.3 is 9.84 Å². The van der Waals surface area contributed by atoms with Crippen molar-refractivity contribution in [3.8, 4) is 11.5 Å². The Labute approximate surface area is 131 Å². The summed E-state index contributed by atoms with van der Waals surface area (Å²) in [5.74, 6) is 1.23. The molecule has 0 atom stereocenters. The van der Waals surface area contributed by atoms with Crippen LogP contribution in [0.25, 0.3) is 21.5 Å². The molecule has 2 heteroatoms. The predicted octanol–water partition coefficient (Wildman–Crippen LogP) is 5.66. The van der Waals surface area contributed by atoms with Crippen molar-refractivity contribution in [2.24, 2.45) is 0 Å². The number of aromatic hydroxyl groups is 1. The molecular weight excluding hydrogens is 272 g/mol. The Kier molecular flexibility index (Phi) is 4.47. The lowest BCUT2D eigenvalue weighted by atomic mass is 10.0. The summed E-state index contributed by atoms with van der Waals surface area (Å²) in [4.78, 5) is 0. The van der Waals surface area contributed by atoms with Gasteiger partial charge in [0.25, 0.3) is 0 Å². The Morgan fingerprint density at radius 1 is 0.773 bits per heavy atom. The third-order valence-corrected chi connectivity index (χ3v) is 4.10. The highest BCUT2D eigenvalue weighted by atomic mass is 16.5. The molecule has 0 heterocycles. The minimum atomic E-state index is 0.338. The second-order valence-corrected chi connectivity index (χ2v) is 5.68. The lowest BCUT2D eigenvalue weighted by Gasteiger charge is -2.14. The van der Waals surface area contributed by atoms with Crippen LogP contribution >= 0.6 is 0 Å². The van der Waals surface area contributed by atoms with E-state index in [0.29, 0.717) is 5.75 Å². The van der Waals surface area contributed by atoms with Gasteiger partial charge in [-0.3, -0.25) is 0 Å². The average molecular weight is 294 g/mol. The molecule has 0 aliphatic rings. The van der Waals surface area contributed by atoms with Gasteiger partial charge in [0.1, 0.15) is 11.5 Å². The van der Waals surface area contributed by atoms with E-state index in [2.05, 4.69) is 6.92 Å². The third-order valence-electron chi connectivity index (χ3n) is 4.10. The van der Waals surface area contributed by atoms with Gasteiger partial charge in [0, 0.05) is 21.5 Å². The standard InChI is InChI=1S/C20H22O2/c1-2-3-4-9-14-22-20-17-12-7-5-10-15(17)19(21)16-11-6-8-13-18(16)20/h5-8,10-13,21H,2-4,9,14H2,1H3. The van der Waals surface area contributed by atoms with E-state index in [4.69, 9.17) is 4.74 Å². The number of rotatable bonds is 6. The van der Waals surface area contributed by atoms with Crippen molar-refractivity contribution in [1.82, 2.24) is 0 Å². The fourth-order valence-corrected chi connectivity index (χ4v) is 2.92. The largest absolute Gasteiger partial charge is 0.507 e. The van der Waals surface area contributed by atoms with E-state index in [1.54, 1.807) is 0 Å². The monoisotopic (exact) mass is 294 g/mol. The molecule has 1 N–H and O–H groups in total. The Morgan fingerprint density at radius 2 is 1.32 bits per heavy atom. The first-order valence-electron chi connectivity index (χ1n) is 8.08. The first kappa shape index (κ1) is 14.7. The van der Waals surface area contributed by atoms with Crippen molar-refractivity contribution in [3.63, 3.8) is 0 Å². The van der Waals surface area contributed by atoms with Crippen LogP contribution in [0.1, 0.15) is 32.6 Å². The normalized spacial score (nSPS) is 11.1. The van der Waals surface area contributed by atoms with Gasteiger partial charge in [0.05, 0.1) is 6.61 Å². The van der Waals surface area contributed by atoms with E-state index >= 15 is 0 Å². The third kappa shape index (κ3) is 2.74. The van der Waals surface area contributed by atoms with Gasteiger partial charge in [-0.05, 0) is 6.42 Å². The summed E-state index contributed by atoms with van der Waals surface area (Å²) >= 11 is 0. The van der Waals surface area contributed by atoms with Crippen molar-refractivity contribution >= 4 is 21.5 Å². The predicted molar refractivity (Wildman–Crippen MR) is 92.8 cm³/mol. The minimum Gasteiger partial charge on any atom is -0.507 e. The van der Waals surface area contributed by atoms with Crippen LogP contribution in [0.15, 0.2) is 48.5 Å². The van der Waals surface area contributed by atoms with Crippen LogP contribution in [-0.4, -0.2) is 11.7 Å². The maximum Gasteiger partial charge on any atom is 0.135 e. The van der Waals surface area contributed by atoms with E-state index in [-0.39, 0.29) is 0 Å². The Morgan fingerprint density at radius 3 is 1.86 bits per heavy atom. The van der Waals surface area contributed by atoms with E-state index in [0.717, 1.165) is 40.3 Å². The molecule has 0 unspecified atom stereocenters. The molecule has 2 nitrogen and oxygen atoms in total. The summed E-state index contributed by atoms with van der Waals surface area (Å²) in [6.07, 6.45) is 4.74. The summed E-state index contributed by atoms with van der Waals surface area (Å²) in [7, 11) is 0. The van der Waals surface area contributed by atoms with E-state index < -0.39 is 0 Å². The maximum atomic E-state index is 10.5. The average Bonchev–Trinajstić information content (AvgIpc) is 2.57. The molecule has 0 bridgehead atoms. The number of hydrogen-bond acceptors (Lipinski definition) is 2. The number of phenols is 1. The van der Waals surface area contributed by atoms with Gasteiger partial charge in [-0.1, -0.05) is 74.7 Å². The Balaban J connectivity index is 2.03.